The lowest BCUT2D eigenvalue weighted by Gasteiger charge is -2.32. The van der Waals surface area contributed by atoms with Crippen LogP contribution in [0.15, 0.2) is 65.4 Å². The van der Waals surface area contributed by atoms with Crippen molar-refractivity contribution in [3.05, 3.63) is 82.0 Å². The highest BCUT2D eigenvalue weighted by molar-refractivity contribution is 7.36. The molecule has 0 atom stereocenters. The second-order valence-electron chi connectivity index (χ2n) is 8.35. The Balaban J connectivity index is 1.44. The molecule has 2 aromatic carbocycles. The minimum absolute atomic E-state index is 0.0153. The number of thiophene rings is 1. The molecule has 0 unspecified atom stereocenters. The Bertz CT molecular complexity index is 1090. The van der Waals surface area contributed by atoms with Crippen molar-refractivity contribution >= 4 is 16.4 Å². The molecular formula is C28H29O3S+. The molecule has 0 bridgehead atoms. The number of benzene rings is 2. The Morgan fingerprint density at radius 1 is 0.969 bits per heavy atom. The maximum Gasteiger partial charge on any atom is 0.345 e. The van der Waals surface area contributed by atoms with Crippen molar-refractivity contribution in [2.75, 3.05) is 6.61 Å². The molecule has 3 aromatic rings. The van der Waals surface area contributed by atoms with Crippen LogP contribution < -0.4 is 4.74 Å². The predicted octanol–water partition coefficient (Wildman–Crippen LogP) is 6.72. The van der Waals surface area contributed by atoms with Gasteiger partial charge in [-0.1, -0.05) is 30.5 Å². The quantitative estimate of drug-likeness (QED) is 0.248. The van der Waals surface area contributed by atoms with Crippen LogP contribution in [-0.2, 0) is 9.53 Å². The number of carbonyl (C=O) groups excluding carboxylic acids is 1. The van der Waals surface area contributed by atoms with Gasteiger partial charge in [0.1, 0.15) is 16.5 Å². The van der Waals surface area contributed by atoms with E-state index in [1.54, 1.807) is 0 Å². The fourth-order valence-corrected chi connectivity index (χ4v) is 5.75. The number of aryl methyl sites for hydroxylation is 2. The lowest BCUT2D eigenvalue weighted by Crippen LogP contribution is -2.37. The average molecular weight is 446 g/mol. The summed E-state index contributed by atoms with van der Waals surface area (Å²) < 4.78 is 11.9. The molecule has 3 nitrogen and oxygen atoms in total. The van der Waals surface area contributed by atoms with Crippen molar-refractivity contribution in [1.82, 2.24) is 0 Å². The van der Waals surface area contributed by atoms with E-state index in [2.05, 4.69) is 46.9 Å². The summed E-state index contributed by atoms with van der Waals surface area (Å²) in [5.41, 5.74) is 2.28. The second kappa shape index (κ2) is 10.1. The molecule has 32 heavy (non-hydrogen) atoms. The van der Waals surface area contributed by atoms with Crippen LogP contribution in [0.2, 0.25) is 0 Å². The summed E-state index contributed by atoms with van der Waals surface area (Å²) in [6, 6.07) is 18.3. The van der Waals surface area contributed by atoms with E-state index in [1.165, 1.54) is 4.90 Å². The van der Waals surface area contributed by atoms with Crippen molar-refractivity contribution in [3.8, 4) is 22.5 Å². The van der Waals surface area contributed by atoms with Crippen LogP contribution in [0.4, 0.5) is 0 Å². The summed E-state index contributed by atoms with van der Waals surface area (Å²) in [5, 5.41) is 4.40. The van der Waals surface area contributed by atoms with Crippen LogP contribution >= 0.6 is 10.5 Å². The smallest absolute Gasteiger partial charge is 0.345 e. The van der Waals surface area contributed by atoms with E-state index in [0.29, 0.717) is 0 Å². The zero-order chi connectivity index (χ0) is 22.4. The average Bonchev–Trinajstić information content (AvgIpc) is 3.34. The van der Waals surface area contributed by atoms with E-state index in [0.717, 1.165) is 54.5 Å². The largest absolute Gasteiger partial charge is 0.481 e. The molecule has 0 aliphatic heterocycles. The van der Waals surface area contributed by atoms with Gasteiger partial charge in [-0.15, -0.1) is 0 Å². The molecule has 1 heterocycles. The Kier molecular flexibility index (Phi) is 6.97. The predicted molar refractivity (Wildman–Crippen MR) is 130 cm³/mol. The van der Waals surface area contributed by atoms with Crippen molar-refractivity contribution in [1.29, 1.82) is 0 Å². The van der Waals surface area contributed by atoms with Crippen LogP contribution in [0.5, 0.6) is 5.75 Å². The normalized spacial score (nSPS) is 14.8. The van der Waals surface area contributed by atoms with Crippen LogP contribution in [0.1, 0.15) is 48.8 Å². The Morgan fingerprint density at radius 3 is 2.28 bits per heavy atom. The first kappa shape index (κ1) is 22.2. The van der Waals surface area contributed by atoms with Gasteiger partial charge in [-0.05, 0) is 80.8 Å². The van der Waals surface area contributed by atoms with E-state index in [4.69, 9.17) is 9.47 Å². The Hall–Kier alpha value is -3.03. The monoisotopic (exact) mass is 445 g/mol. The van der Waals surface area contributed by atoms with Gasteiger partial charge < -0.3 is 9.47 Å². The van der Waals surface area contributed by atoms with Crippen molar-refractivity contribution in [2.24, 2.45) is 0 Å². The fraction of sp³-hybridized carbons (Fsp3) is 0.321. The molecule has 0 saturated heterocycles. The Labute approximate surface area is 193 Å². The van der Waals surface area contributed by atoms with Crippen LogP contribution in [0, 0.1) is 25.7 Å². The minimum Gasteiger partial charge on any atom is -0.481 e. The summed E-state index contributed by atoms with van der Waals surface area (Å²) in [4.78, 5) is 14.0. The third kappa shape index (κ3) is 5.41. The van der Waals surface area contributed by atoms with Gasteiger partial charge >= 0.3 is 5.97 Å². The molecule has 1 aromatic heterocycles. The summed E-state index contributed by atoms with van der Waals surface area (Å²) in [5.74, 6) is 6.89. The zero-order valence-corrected chi connectivity index (χ0v) is 19.5. The highest BCUT2D eigenvalue weighted by Crippen LogP contribution is 2.36. The van der Waals surface area contributed by atoms with E-state index < -0.39 is 5.60 Å². The van der Waals surface area contributed by atoms with Gasteiger partial charge in [-0.3, -0.25) is 0 Å². The molecule has 1 aliphatic rings. The molecule has 4 heteroatoms. The Morgan fingerprint density at radius 2 is 1.62 bits per heavy atom. The van der Waals surface area contributed by atoms with Gasteiger partial charge in [0.05, 0.1) is 0 Å². The molecule has 1 fully saturated rings. The molecule has 0 amide bonds. The number of esters is 1. The molecule has 4 rings (SSSR count). The van der Waals surface area contributed by atoms with Gasteiger partial charge in [0, 0.05) is 28.2 Å². The number of hydrogen-bond acceptors (Lipinski definition) is 3. The molecule has 0 N–H and O–H groups in total. The van der Waals surface area contributed by atoms with Gasteiger partial charge in [0.15, 0.2) is 17.1 Å². The number of carbonyl (C=O) groups is 1. The minimum atomic E-state index is -0.718. The van der Waals surface area contributed by atoms with Crippen molar-refractivity contribution in [3.63, 3.8) is 0 Å². The highest BCUT2D eigenvalue weighted by Gasteiger charge is 2.34. The van der Waals surface area contributed by atoms with Crippen molar-refractivity contribution < 1.29 is 14.3 Å². The van der Waals surface area contributed by atoms with Crippen molar-refractivity contribution in [2.45, 2.75) is 51.6 Å². The zero-order valence-electron chi connectivity index (χ0n) is 18.7. The van der Waals surface area contributed by atoms with Gasteiger partial charge in [-0.2, -0.15) is 0 Å². The first-order chi connectivity index (χ1) is 15.5. The number of hydrogen-bond donors (Lipinski definition) is 0. The first-order valence-corrected chi connectivity index (χ1v) is 12.5. The molecule has 0 radical (unpaired) electrons. The van der Waals surface area contributed by atoms with Gasteiger partial charge in [0.25, 0.3) is 0 Å². The van der Waals surface area contributed by atoms with Crippen LogP contribution in [-0.4, -0.2) is 18.2 Å². The van der Waals surface area contributed by atoms with Crippen LogP contribution in [0.3, 0.4) is 0 Å². The summed E-state index contributed by atoms with van der Waals surface area (Å²) in [7, 11) is 0.0153. The standard InChI is InChI=1S/C28H29O3S/c1-22-19-25(32-17-9-10-18-32)20-23(2)27(22)30-21-26(29)31-28(14-7-4-8-15-28)16-13-24-11-5-3-6-12-24/h3,5-6,9-12,17-20H,4,7-8,14-15,21H2,1-2H3/q+1. The molecule has 1 saturated carbocycles. The summed E-state index contributed by atoms with van der Waals surface area (Å²) in [6.07, 6.45) is 4.73. The summed E-state index contributed by atoms with van der Waals surface area (Å²) in [6.45, 7) is 3.94. The topological polar surface area (TPSA) is 35.5 Å². The lowest BCUT2D eigenvalue weighted by atomic mass is 9.85. The molecular weight excluding hydrogens is 416 g/mol. The second-order valence-corrected chi connectivity index (χ2v) is 10.1. The first-order valence-electron chi connectivity index (χ1n) is 11.2. The highest BCUT2D eigenvalue weighted by atomic mass is 32.2. The number of rotatable bonds is 5. The molecule has 164 valence electrons. The van der Waals surface area contributed by atoms with E-state index in [1.807, 2.05) is 44.2 Å². The molecule has 1 aliphatic carbocycles. The van der Waals surface area contributed by atoms with Crippen LogP contribution in [0.25, 0.3) is 4.90 Å². The third-order valence-corrected chi connectivity index (χ3v) is 7.46. The van der Waals surface area contributed by atoms with E-state index in [9.17, 15) is 4.79 Å². The van der Waals surface area contributed by atoms with Gasteiger partial charge in [-0.25, -0.2) is 4.79 Å². The van der Waals surface area contributed by atoms with E-state index >= 15 is 0 Å². The van der Waals surface area contributed by atoms with E-state index in [-0.39, 0.29) is 23.0 Å². The molecule has 0 spiro atoms. The fourth-order valence-electron chi connectivity index (χ4n) is 4.20. The van der Waals surface area contributed by atoms with Gasteiger partial charge in [0.2, 0.25) is 0 Å². The lowest BCUT2D eigenvalue weighted by molar-refractivity contribution is -0.159. The summed E-state index contributed by atoms with van der Waals surface area (Å²) >= 11 is 0. The number of ether oxygens (including phenoxy) is 2. The SMILES string of the molecule is Cc1cc(-[s+]2cccc2)cc(C)c1OCC(=O)OC1(C#Cc2ccccc2)CCCCC1. The maximum absolute atomic E-state index is 12.8. The maximum atomic E-state index is 12.8. The third-order valence-electron chi connectivity index (χ3n) is 5.78.